The molecule has 1 aromatic rings. The summed E-state index contributed by atoms with van der Waals surface area (Å²) in [5.74, 6) is 0.716. The molecule has 0 aliphatic carbocycles. The van der Waals surface area contributed by atoms with E-state index < -0.39 is 0 Å². The van der Waals surface area contributed by atoms with E-state index in [1.807, 2.05) is 37.3 Å². The molecule has 0 saturated heterocycles. The number of carbonyl (C=O) groups excluding carboxylic acids is 1. The first kappa shape index (κ1) is 12.6. The van der Waals surface area contributed by atoms with Gasteiger partial charge in [-0.15, -0.1) is 0 Å². The van der Waals surface area contributed by atoms with Crippen LogP contribution in [0.1, 0.15) is 12.5 Å². The van der Waals surface area contributed by atoms with Gasteiger partial charge in [-0.3, -0.25) is 4.79 Å². The minimum Gasteiger partial charge on any atom is -0.488 e. The molecule has 1 aromatic carbocycles. The molecule has 0 bridgehead atoms. The molecule has 1 aliphatic heterocycles. The third-order valence-corrected chi connectivity index (χ3v) is 2.72. The minimum atomic E-state index is -0.103. The largest absolute Gasteiger partial charge is 0.488 e. The zero-order valence-corrected chi connectivity index (χ0v) is 10.6. The molecular weight excluding hydrogens is 230 g/mol. The molecule has 0 unspecified atom stereocenters. The molecule has 0 aromatic heterocycles. The number of benzene rings is 1. The second-order valence-electron chi connectivity index (χ2n) is 4.33. The number of fused-ring (bicyclic) bond motifs is 1. The average Bonchev–Trinajstić information content (AvgIpc) is 2.38. The normalized spacial score (nSPS) is 15.1. The fourth-order valence-electron chi connectivity index (χ4n) is 1.86. The first-order chi connectivity index (χ1) is 8.70. The van der Waals surface area contributed by atoms with Crippen molar-refractivity contribution >= 4 is 12.0 Å². The molecule has 0 spiro atoms. The van der Waals surface area contributed by atoms with E-state index in [1.165, 1.54) is 0 Å². The van der Waals surface area contributed by atoms with Crippen LogP contribution in [0.2, 0.25) is 0 Å². The standard InChI is InChI=1S/C14H17NO3/c1-10(8-17-2)15-14(16)12-7-11-5-3-4-6-13(11)18-9-12/h3-7,10H,8-9H2,1-2H3,(H,15,16)/t10-/m1/s1. The first-order valence-corrected chi connectivity index (χ1v) is 5.93. The number of amides is 1. The highest BCUT2D eigenvalue weighted by Crippen LogP contribution is 2.25. The molecule has 4 nitrogen and oxygen atoms in total. The van der Waals surface area contributed by atoms with Crippen molar-refractivity contribution < 1.29 is 14.3 Å². The van der Waals surface area contributed by atoms with Gasteiger partial charge in [-0.2, -0.15) is 0 Å². The van der Waals surface area contributed by atoms with Gasteiger partial charge in [-0.1, -0.05) is 18.2 Å². The van der Waals surface area contributed by atoms with Crippen molar-refractivity contribution in [2.45, 2.75) is 13.0 Å². The molecule has 0 fully saturated rings. The van der Waals surface area contributed by atoms with Crippen LogP contribution in [0.4, 0.5) is 0 Å². The van der Waals surface area contributed by atoms with Gasteiger partial charge in [0.05, 0.1) is 12.2 Å². The zero-order chi connectivity index (χ0) is 13.0. The van der Waals surface area contributed by atoms with E-state index in [4.69, 9.17) is 9.47 Å². The second-order valence-corrected chi connectivity index (χ2v) is 4.33. The van der Waals surface area contributed by atoms with Gasteiger partial charge in [0.15, 0.2) is 0 Å². The third kappa shape index (κ3) is 2.90. The van der Waals surface area contributed by atoms with Gasteiger partial charge in [0.25, 0.3) is 5.91 Å². The van der Waals surface area contributed by atoms with Crippen molar-refractivity contribution in [3.05, 3.63) is 35.4 Å². The summed E-state index contributed by atoms with van der Waals surface area (Å²) in [7, 11) is 1.61. The summed E-state index contributed by atoms with van der Waals surface area (Å²) in [4.78, 5) is 12.0. The summed E-state index contributed by atoms with van der Waals surface area (Å²) in [6.07, 6.45) is 1.87. The van der Waals surface area contributed by atoms with Crippen molar-refractivity contribution in [3.8, 4) is 5.75 Å². The van der Waals surface area contributed by atoms with Gasteiger partial charge in [-0.25, -0.2) is 0 Å². The van der Waals surface area contributed by atoms with Crippen LogP contribution in [0.25, 0.3) is 6.08 Å². The highest BCUT2D eigenvalue weighted by molar-refractivity contribution is 5.99. The highest BCUT2D eigenvalue weighted by atomic mass is 16.5. The van der Waals surface area contributed by atoms with Crippen molar-refractivity contribution in [2.75, 3.05) is 20.3 Å². The Morgan fingerprint density at radius 2 is 2.28 bits per heavy atom. The van der Waals surface area contributed by atoms with Crippen LogP contribution in [-0.2, 0) is 9.53 Å². The highest BCUT2D eigenvalue weighted by Gasteiger charge is 2.18. The molecule has 96 valence electrons. The average molecular weight is 247 g/mol. The van der Waals surface area contributed by atoms with E-state index in [2.05, 4.69) is 5.32 Å². The number of ether oxygens (including phenoxy) is 2. The quantitative estimate of drug-likeness (QED) is 0.879. The Morgan fingerprint density at radius 1 is 1.50 bits per heavy atom. The monoisotopic (exact) mass is 247 g/mol. The van der Waals surface area contributed by atoms with Crippen LogP contribution in [0.15, 0.2) is 29.8 Å². The molecule has 4 heteroatoms. The lowest BCUT2D eigenvalue weighted by atomic mass is 10.1. The molecule has 1 amide bonds. The van der Waals surface area contributed by atoms with E-state index in [-0.39, 0.29) is 11.9 Å². The number of carbonyl (C=O) groups is 1. The van der Waals surface area contributed by atoms with Crippen LogP contribution >= 0.6 is 0 Å². The van der Waals surface area contributed by atoms with Crippen LogP contribution in [0.3, 0.4) is 0 Å². The molecule has 1 N–H and O–H groups in total. The van der Waals surface area contributed by atoms with Crippen LogP contribution in [0.5, 0.6) is 5.75 Å². The number of hydrogen-bond acceptors (Lipinski definition) is 3. The Hall–Kier alpha value is -1.81. The Kier molecular flexibility index (Phi) is 3.99. The minimum absolute atomic E-state index is 0.0134. The molecule has 2 rings (SSSR count). The van der Waals surface area contributed by atoms with E-state index in [0.717, 1.165) is 11.3 Å². The van der Waals surface area contributed by atoms with Gasteiger partial charge in [0.2, 0.25) is 0 Å². The number of nitrogens with one attached hydrogen (secondary N) is 1. The van der Waals surface area contributed by atoms with Gasteiger partial charge < -0.3 is 14.8 Å². The van der Waals surface area contributed by atoms with Crippen molar-refractivity contribution in [2.24, 2.45) is 0 Å². The summed E-state index contributed by atoms with van der Waals surface area (Å²) in [6.45, 7) is 2.71. The number of para-hydroxylation sites is 1. The third-order valence-electron chi connectivity index (χ3n) is 2.72. The Balaban J connectivity index is 2.07. The van der Waals surface area contributed by atoms with Crippen LogP contribution in [0, 0.1) is 0 Å². The lowest BCUT2D eigenvalue weighted by Crippen LogP contribution is -2.37. The molecule has 18 heavy (non-hydrogen) atoms. The molecule has 0 saturated carbocycles. The van der Waals surface area contributed by atoms with E-state index in [1.54, 1.807) is 7.11 Å². The lowest BCUT2D eigenvalue weighted by molar-refractivity contribution is -0.118. The first-order valence-electron chi connectivity index (χ1n) is 5.93. The molecule has 1 aliphatic rings. The maximum absolute atomic E-state index is 12.0. The number of rotatable bonds is 4. The van der Waals surface area contributed by atoms with Crippen LogP contribution in [-0.4, -0.2) is 32.3 Å². The fraction of sp³-hybridized carbons (Fsp3) is 0.357. The zero-order valence-electron chi connectivity index (χ0n) is 10.6. The topological polar surface area (TPSA) is 47.6 Å². The predicted molar refractivity (Wildman–Crippen MR) is 69.4 cm³/mol. The van der Waals surface area contributed by atoms with Gasteiger partial charge in [-0.05, 0) is 19.1 Å². The van der Waals surface area contributed by atoms with E-state index in [9.17, 15) is 4.79 Å². The van der Waals surface area contributed by atoms with E-state index >= 15 is 0 Å². The van der Waals surface area contributed by atoms with E-state index in [0.29, 0.717) is 18.8 Å². The van der Waals surface area contributed by atoms with Crippen molar-refractivity contribution in [1.82, 2.24) is 5.32 Å². The van der Waals surface area contributed by atoms with Crippen molar-refractivity contribution in [3.63, 3.8) is 0 Å². The predicted octanol–water partition coefficient (Wildman–Crippen LogP) is 1.61. The second kappa shape index (κ2) is 5.69. The summed E-state index contributed by atoms with van der Waals surface area (Å²) in [5.41, 5.74) is 1.57. The maximum atomic E-state index is 12.0. The van der Waals surface area contributed by atoms with Crippen molar-refractivity contribution in [1.29, 1.82) is 0 Å². The smallest absolute Gasteiger partial charge is 0.250 e. The van der Waals surface area contributed by atoms with Gasteiger partial charge in [0.1, 0.15) is 12.4 Å². The SMILES string of the molecule is COC[C@@H](C)NC(=O)C1=Cc2ccccc2OC1. The number of hydrogen-bond donors (Lipinski definition) is 1. The summed E-state index contributed by atoms with van der Waals surface area (Å²) in [6, 6.07) is 7.65. The van der Waals surface area contributed by atoms with Gasteiger partial charge >= 0.3 is 0 Å². The summed E-state index contributed by atoms with van der Waals surface area (Å²) < 4.78 is 10.5. The Bertz CT molecular complexity index is 468. The summed E-state index contributed by atoms with van der Waals surface area (Å²) in [5, 5.41) is 2.87. The Morgan fingerprint density at radius 3 is 3.06 bits per heavy atom. The molecule has 1 heterocycles. The van der Waals surface area contributed by atoms with Gasteiger partial charge in [0, 0.05) is 18.7 Å². The fourth-order valence-corrected chi connectivity index (χ4v) is 1.86. The molecule has 1 atom stereocenters. The molecule has 0 radical (unpaired) electrons. The van der Waals surface area contributed by atoms with Crippen LogP contribution < -0.4 is 10.1 Å². The Labute approximate surface area is 107 Å². The number of methoxy groups -OCH3 is 1. The maximum Gasteiger partial charge on any atom is 0.250 e. The summed E-state index contributed by atoms with van der Waals surface area (Å²) >= 11 is 0. The molecular formula is C14H17NO3. The lowest BCUT2D eigenvalue weighted by Gasteiger charge is -2.19.